The third-order valence-corrected chi connectivity index (χ3v) is 5.25. The molecule has 3 heterocycles. The Morgan fingerprint density at radius 2 is 2.00 bits per heavy atom. The van der Waals surface area contributed by atoms with E-state index in [9.17, 15) is 14.7 Å². The standard InChI is InChI=1S/C21H26N2O5/c1-4-22(5-2)11-7-12-23-18(15-10-9-14(3)28-15)17(20(25)21(23)26)19(24)16-8-6-13-27-16/h6,8-10,13,18,25H,4-5,7,11-12H2,1-3H3/p+1/t18-/m0/s1. The first-order valence-corrected chi connectivity index (χ1v) is 9.70. The molecule has 0 spiro atoms. The first kappa shape index (κ1) is 19.9. The monoisotopic (exact) mass is 387 g/mol. The zero-order chi connectivity index (χ0) is 20.3. The highest BCUT2D eigenvalue weighted by atomic mass is 16.3. The second-order valence-electron chi connectivity index (χ2n) is 6.98. The van der Waals surface area contributed by atoms with Crippen LogP contribution in [0.1, 0.15) is 48.4 Å². The molecule has 0 aromatic carbocycles. The number of furan rings is 2. The molecule has 1 atom stereocenters. The lowest BCUT2D eigenvalue weighted by Crippen LogP contribution is -3.11. The fourth-order valence-electron chi connectivity index (χ4n) is 3.66. The van der Waals surface area contributed by atoms with E-state index in [4.69, 9.17) is 8.83 Å². The first-order chi connectivity index (χ1) is 13.5. The summed E-state index contributed by atoms with van der Waals surface area (Å²) in [5.74, 6) is -0.380. The Labute approximate surface area is 164 Å². The highest BCUT2D eigenvalue weighted by molar-refractivity contribution is 6.14. The maximum Gasteiger partial charge on any atom is 0.290 e. The zero-order valence-electron chi connectivity index (χ0n) is 16.5. The van der Waals surface area contributed by atoms with Crippen molar-refractivity contribution in [2.45, 2.75) is 33.2 Å². The minimum absolute atomic E-state index is 0.00415. The molecule has 0 unspecified atom stereocenters. The quantitative estimate of drug-likeness (QED) is 0.643. The Balaban J connectivity index is 1.90. The molecule has 2 N–H and O–H groups in total. The predicted octanol–water partition coefficient (Wildman–Crippen LogP) is 2.07. The molecule has 0 saturated heterocycles. The van der Waals surface area contributed by atoms with E-state index < -0.39 is 23.5 Å². The van der Waals surface area contributed by atoms with Crippen molar-refractivity contribution in [3.8, 4) is 0 Å². The summed E-state index contributed by atoms with van der Waals surface area (Å²) < 4.78 is 10.9. The van der Waals surface area contributed by atoms with Crippen LogP contribution in [-0.4, -0.2) is 47.9 Å². The van der Waals surface area contributed by atoms with E-state index >= 15 is 0 Å². The first-order valence-electron chi connectivity index (χ1n) is 9.70. The molecule has 0 radical (unpaired) electrons. The Kier molecular flexibility index (Phi) is 6.04. The lowest BCUT2D eigenvalue weighted by atomic mass is 9.99. The summed E-state index contributed by atoms with van der Waals surface area (Å²) >= 11 is 0. The molecule has 150 valence electrons. The number of aliphatic hydroxyl groups excluding tert-OH is 1. The number of ketones is 1. The molecule has 3 rings (SSSR count). The molecule has 1 amide bonds. The van der Waals surface area contributed by atoms with Crippen molar-refractivity contribution in [2.24, 2.45) is 0 Å². The minimum Gasteiger partial charge on any atom is -0.503 e. The van der Waals surface area contributed by atoms with E-state index in [2.05, 4.69) is 13.8 Å². The summed E-state index contributed by atoms with van der Waals surface area (Å²) in [6.07, 6.45) is 2.15. The molecular weight excluding hydrogens is 360 g/mol. The Bertz CT molecular complexity index is 861. The second kappa shape index (κ2) is 8.48. The number of hydrogen-bond acceptors (Lipinski definition) is 5. The number of carbonyl (C=O) groups excluding carboxylic acids is 2. The van der Waals surface area contributed by atoms with E-state index in [1.54, 1.807) is 25.1 Å². The highest BCUT2D eigenvalue weighted by Gasteiger charge is 2.45. The molecular formula is C21H27N2O5+. The number of Topliss-reactive ketones (excluding diaryl/α,β-unsaturated/α-hetero) is 1. The van der Waals surface area contributed by atoms with Gasteiger partial charge in [0.15, 0.2) is 11.5 Å². The number of carbonyl (C=O) groups is 2. The van der Waals surface area contributed by atoms with Crippen LogP contribution in [0.5, 0.6) is 0 Å². The lowest BCUT2D eigenvalue weighted by molar-refractivity contribution is -0.896. The van der Waals surface area contributed by atoms with Crippen LogP contribution >= 0.6 is 0 Å². The molecule has 1 aliphatic heterocycles. The number of nitrogens with one attached hydrogen (secondary N) is 1. The molecule has 28 heavy (non-hydrogen) atoms. The molecule has 7 nitrogen and oxygen atoms in total. The van der Waals surface area contributed by atoms with Gasteiger partial charge in [0.25, 0.3) is 5.91 Å². The topological polar surface area (TPSA) is 88.3 Å². The van der Waals surface area contributed by atoms with Crippen LogP contribution in [-0.2, 0) is 4.79 Å². The van der Waals surface area contributed by atoms with Crippen molar-refractivity contribution in [3.05, 3.63) is 59.1 Å². The summed E-state index contributed by atoms with van der Waals surface area (Å²) in [4.78, 5) is 28.7. The number of aliphatic hydroxyl groups is 1. The van der Waals surface area contributed by atoms with Crippen molar-refractivity contribution < 1.29 is 28.4 Å². The molecule has 2 aromatic rings. The largest absolute Gasteiger partial charge is 0.503 e. The molecule has 0 fully saturated rings. The van der Waals surface area contributed by atoms with Crippen molar-refractivity contribution in [1.82, 2.24) is 4.90 Å². The molecule has 0 saturated carbocycles. The van der Waals surface area contributed by atoms with Gasteiger partial charge in [0, 0.05) is 13.0 Å². The molecule has 7 heteroatoms. The van der Waals surface area contributed by atoms with Crippen LogP contribution in [0.15, 0.2) is 50.7 Å². The van der Waals surface area contributed by atoms with Crippen molar-refractivity contribution >= 4 is 11.7 Å². The molecule has 1 aliphatic rings. The Morgan fingerprint density at radius 3 is 2.57 bits per heavy atom. The van der Waals surface area contributed by atoms with Crippen LogP contribution in [0.2, 0.25) is 0 Å². The van der Waals surface area contributed by atoms with Gasteiger partial charge in [0.05, 0.1) is 31.5 Å². The van der Waals surface area contributed by atoms with E-state index in [-0.39, 0.29) is 11.3 Å². The van der Waals surface area contributed by atoms with Crippen molar-refractivity contribution in [1.29, 1.82) is 0 Å². The average Bonchev–Trinajstić information content (AvgIpc) is 3.41. The number of quaternary nitrogens is 1. The van der Waals surface area contributed by atoms with E-state index in [1.165, 1.54) is 22.1 Å². The van der Waals surface area contributed by atoms with E-state index in [0.29, 0.717) is 18.1 Å². The van der Waals surface area contributed by atoms with Gasteiger partial charge in [-0.1, -0.05) is 0 Å². The lowest BCUT2D eigenvalue weighted by Gasteiger charge is -2.25. The number of amides is 1. The van der Waals surface area contributed by atoms with Gasteiger partial charge in [-0.25, -0.2) is 0 Å². The third kappa shape index (κ3) is 3.75. The van der Waals surface area contributed by atoms with E-state index in [1.807, 2.05) is 0 Å². The van der Waals surface area contributed by atoms with Gasteiger partial charge in [0.2, 0.25) is 5.78 Å². The molecule has 0 bridgehead atoms. The van der Waals surface area contributed by atoms with Gasteiger partial charge in [0.1, 0.15) is 17.6 Å². The summed E-state index contributed by atoms with van der Waals surface area (Å²) in [5.41, 5.74) is 0.00415. The average molecular weight is 387 g/mol. The SMILES string of the molecule is CC[NH+](CC)CCCN1C(=O)C(O)=C(C(=O)c2ccco2)[C@@H]1c1ccc(C)o1. The van der Waals surface area contributed by atoms with Crippen LogP contribution in [0.3, 0.4) is 0 Å². The fraction of sp³-hybridized carbons (Fsp3) is 0.429. The summed E-state index contributed by atoms with van der Waals surface area (Å²) in [6, 6.07) is 5.87. The van der Waals surface area contributed by atoms with Crippen LogP contribution in [0, 0.1) is 6.92 Å². The summed E-state index contributed by atoms with van der Waals surface area (Å²) in [5, 5.41) is 10.5. The number of nitrogens with zero attached hydrogens (tertiary/aromatic N) is 1. The number of rotatable bonds is 9. The van der Waals surface area contributed by atoms with Gasteiger partial charge in [-0.3, -0.25) is 9.59 Å². The Morgan fingerprint density at radius 1 is 1.25 bits per heavy atom. The maximum atomic E-state index is 12.9. The Hall–Kier alpha value is -2.80. The zero-order valence-corrected chi connectivity index (χ0v) is 16.5. The van der Waals surface area contributed by atoms with Gasteiger partial charge in [-0.2, -0.15) is 0 Å². The smallest absolute Gasteiger partial charge is 0.290 e. The van der Waals surface area contributed by atoms with Crippen LogP contribution in [0.4, 0.5) is 0 Å². The number of hydrogen-bond donors (Lipinski definition) is 2. The van der Waals surface area contributed by atoms with Crippen molar-refractivity contribution in [3.63, 3.8) is 0 Å². The van der Waals surface area contributed by atoms with Crippen LogP contribution < -0.4 is 4.90 Å². The third-order valence-electron chi connectivity index (χ3n) is 5.25. The van der Waals surface area contributed by atoms with Gasteiger partial charge in [-0.05, 0) is 45.0 Å². The minimum atomic E-state index is -0.759. The van der Waals surface area contributed by atoms with Gasteiger partial charge < -0.3 is 23.7 Å². The fourth-order valence-corrected chi connectivity index (χ4v) is 3.66. The molecule has 2 aromatic heterocycles. The normalized spacial score (nSPS) is 17.2. The van der Waals surface area contributed by atoms with Crippen molar-refractivity contribution in [2.75, 3.05) is 26.2 Å². The van der Waals surface area contributed by atoms with Crippen LogP contribution in [0.25, 0.3) is 0 Å². The summed E-state index contributed by atoms with van der Waals surface area (Å²) in [7, 11) is 0. The summed E-state index contributed by atoms with van der Waals surface area (Å²) in [6.45, 7) is 9.40. The molecule has 0 aliphatic carbocycles. The van der Waals surface area contributed by atoms with Gasteiger partial charge in [-0.15, -0.1) is 0 Å². The second-order valence-corrected chi connectivity index (χ2v) is 6.98. The number of aryl methyl sites for hydroxylation is 1. The predicted molar refractivity (Wildman–Crippen MR) is 102 cm³/mol. The maximum absolute atomic E-state index is 12.9. The highest BCUT2D eigenvalue weighted by Crippen LogP contribution is 2.39. The van der Waals surface area contributed by atoms with Gasteiger partial charge >= 0.3 is 0 Å². The van der Waals surface area contributed by atoms with E-state index in [0.717, 1.165) is 26.1 Å².